The molecule has 0 aliphatic carbocycles. The predicted octanol–water partition coefficient (Wildman–Crippen LogP) is 4.54. The maximum Gasteiger partial charge on any atom is 0.338 e. The van der Waals surface area contributed by atoms with E-state index in [-0.39, 0.29) is 30.3 Å². The number of methoxy groups -OCH3 is 2. The molecule has 4 rings (SSSR count). The van der Waals surface area contributed by atoms with Crippen molar-refractivity contribution in [1.29, 1.82) is 0 Å². The molecule has 2 heterocycles. The van der Waals surface area contributed by atoms with Crippen molar-refractivity contribution in [3.05, 3.63) is 59.2 Å². The lowest BCUT2D eigenvalue weighted by Gasteiger charge is -2.17. The van der Waals surface area contributed by atoms with Crippen molar-refractivity contribution < 1.29 is 46.8 Å². The van der Waals surface area contributed by atoms with Gasteiger partial charge in [-0.15, -0.1) is 0 Å². The van der Waals surface area contributed by atoms with E-state index in [9.17, 15) is 23.1 Å². The van der Waals surface area contributed by atoms with Crippen molar-refractivity contribution in [2.75, 3.05) is 33.5 Å². The molecule has 45 heavy (non-hydrogen) atoms. The summed E-state index contributed by atoms with van der Waals surface area (Å²) >= 11 is 0. The van der Waals surface area contributed by atoms with E-state index in [1.807, 2.05) is 6.92 Å². The monoisotopic (exact) mass is 643 g/mol. The highest BCUT2D eigenvalue weighted by molar-refractivity contribution is 8.06. The molecule has 1 aliphatic heterocycles. The normalized spacial score (nSPS) is 12.6. The number of unbranched alkanes of at least 4 members (excludes halogenated alkanes) is 1. The number of benzene rings is 2. The molecule has 0 saturated heterocycles. The number of carboxylic acid groups (broad SMARTS) is 1. The summed E-state index contributed by atoms with van der Waals surface area (Å²) in [5.41, 5.74) is 1.60. The molecule has 0 radical (unpaired) electrons. The average Bonchev–Trinajstić information content (AvgIpc) is 3.65. The van der Waals surface area contributed by atoms with Crippen LogP contribution in [-0.2, 0) is 27.5 Å². The van der Waals surface area contributed by atoms with Gasteiger partial charge in [-0.05, 0) is 37.1 Å². The molecule has 242 valence electrons. The molecule has 1 aromatic heterocycles. The SMILES string of the molecule is CCCCc1ncc(/C=C(\Cc2cc3c(cc2OC)OCO3)C(=O)O)n1-c1ccc(OC)cc1OCNC(=O)S(=O)(=O)CCC. The number of aromatic nitrogens is 2. The molecule has 3 aromatic rings. The number of nitrogens with zero attached hydrogens (tertiary/aromatic N) is 2. The largest absolute Gasteiger partial charge is 0.497 e. The van der Waals surface area contributed by atoms with Crippen LogP contribution in [0.2, 0.25) is 0 Å². The minimum absolute atomic E-state index is 0.00878. The number of carbonyl (C=O) groups excluding carboxylic acids is 1. The standard InChI is InChI=1S/C31H37N3O10S/c1-5-7-8-29-32-17-22(13-21(30(35)36)12-20-14-27-28(44-19-43-27)16-25(20)41-4)34(29)24-10-9-23(40-3)15-26(24)42-18-33-31(37)45(38,39)11-6-2/h9-10,13-17H,5-8,11-12,18-19H2,1-4H3,(H,33,37)(H,35,36)/b21-13+. The summed E-state index contributed by atoms with van der Waals surface area (Å²) in [6, 6.07) is 8.39. The van der Waals surface area contributed by atoms with Gasteiger partial charge in [-0.2, -0.15) is 0 Å². The Labute approximate surface area is 261 Å². The third-order valence-electron chi connectivity index (χ3n) is 6.98. The Hall–Kier alpha value is -4.72. The van der Waals surface area contributed by atoms with Gasteiger partial charge in [0.15, 0.2) is 18.2 Å². The number of sulfone groups is 1. The molecule has 2 N–H and O–H groups in total. The number of carbonyl (C=O) groups is 2. The number of carboxylic acids is 1. The lowest BCUT2D eigenvalue weighted by Crippen LogP contribution is -2.34. The molecule has 0 bridgehead atoms. The van der Waals surface area contributed by atoms with E-state index < -0.39 is 27.8 Å². The number of imidazole rings is 1. The molecule has 0 unspecified atom stereocenters. The molecule has 1 amide bonds. The lowest BCUT2D eigenvalue weighted by molar-refractivity contribution is -0.132. The third-order valence-corrected chi connectivity index (χ3v) is 8.63. The summed E-state index contributed by atoms with van der Waals surface area (Å²) in [5.74, 6) is 1.40. The van der Waals surface area contributed by atoms with Crippen molar-refractivity contribution in [1.82, 2.24) is 14.9 Å². The van der Waals surface area contributed by atoms with Crippen LogP contribution in [0.25, 0.3) is 11.8 Å². The Kier molecular flexibility index (Phi) is 10.9. The van der Waals surface area contributed by atoms with E-state index >= 15 is 0 Å². The highest BCUT2D eigenvalue weighted by Gasteiger charge is 2.23. The minimum atomic E-state index is -3.97. The van der Waals surface area contributed by atoms with Crippen LogP contribution >= 0.6 is 0 Å². The Bertz CT molecular complexity index is 1680. The minimum Gasteiger partial charge on any atom is -0.497 e. The van der Waals surface area contributed by atoms with Gasteiger partial charge in [0.05, 0.1) is 37.6 Å². The predicted molar refractivity (Wildman–Crippen MR) is 165 cm³/mol. The van der Waals surface area contributed by atoms with Crippen LogP contribution in [0.15, 0.2) is 42.1 Å². The number of rotatable bonds is 15. The Morgan fingerprint density at radius 1 is 1.07 bits per heavy atom. The van der Waals surface area contributed by atoms with Crippen molar-refractivity contribution in [3.8, 4) is 34.4 Å². The summed E-state index contributed by atoms with van der Waals surface area (Å²) < 4.78 is 53.7. The van der Waals surface area contributed by atoms with Gasteiger partial charge in [0, 0.05) is 36.1 Å². The highest BCUT2D eigenvalue weighted by Crippen LogP contribution is 2.39. The summed E-state index contributed by atoms with van der Waals surface area (Å²) in [6.45, 7) is 3.34. The number of fused-ring (bicyclic) bond motifs is 1. The van der Waals surface area contributed by atoms with Gasteiger partial charge in [0.1, 0.15) is 23.1 Å². The number of ether oxygens (including phenoxy) is 5. The van der Waals surface area contributed by atoms with Crippen LogP contribution in [0.3, 0.4) is 0 Å². The first-order valence-electron chi connectivity index (χ1n) is 14.4. The smallest absolute Gasteiger partial charge is 0.338 e. The van der Waals surface area contributed by atoms with E-state index in [0.29, 0.717) is 58.6 Å². The summed E-state index contributed by atoms with van der Waals surface area (Å²) in [5, 5.41) is 11.4. The topological polar surface area (TPSA) is 165 Å². The molecule has 13 nitrogen and oxygen atoms in total. The van der Waals surface area contributed by atoms with Crippen molar-refractivity contribution in [2.24, 2.45) is 0 Å². The van der Waals surface area contributed by atoms with Crippen LogP contribution in [0, 0.1) is 0 Å². The number of nitrogens with one attached hydrogen (secondary N) is 1. The van der Waals surface area contributed by atoms with Crippen LogP contribution < -0.4 is 29.0 Å². The van der Waals surface area contributed by atoms with Crippen LogP contribution in [0.4, 0.5) is 4.79 Å². The van der Waals surface area contributed by atoms with E-state index in [2.05, 4.69) is 10.3 Å². The zero-order valence-corrected chi connectivity index (χ0v) is 26.4. The van der Waals surface area contributed by atoms with Gasteiger partial charge in [-0.3, -0.25) is 9.36 Å². The van der Waals surface area contributed by atoms with Crippen molar-refractivity contribution in [2.45, 2.75) is 46.0 Å². The average molecular weight is 644 g/mol. The van der Waals surface area contributed by atoms with E-state index in [1.165, 1.54) is 20.3 Å². The van der Waals surface area contributed by atoms with Gasteiger partial charge in [0.25, 0.3) is 0 Å². The Morgan fingerprint density at radius 2 is 1.82 bits per heavy atom. The van der Waals surface area contributed by atoms with Crippen LogP contribution in [-0.4, -0.2) is 67.8 Å². The van der Waals surface area contributed by atoms with Gasteiger partial charge in [-0.25, -0.2) is 18.2 Å². The Morgan fingerprint density at radius 3 is 2.49 bits per heavy atom. The lowest BCUT2D eigenvalue weighted by atomic mass is 10.0. The number of hydrogen-bond donors (Lipinski definition) is 2. The Balaban J connectivity index is 1.74. The molecule has 2 aromatic carbocycles. The zero-order valence-electron chi connectivity index (χ0n) is 25.6. The van der Waals surface area contributed by atoms with E-state index in [4.69, 9.17) is 23.7 Å². The first-order chi connectivity index (χ1) is 21.6. The number of aliphatic carboxylic acids is 1. The van der Waals surface area contributed by atoms with Crippen LogP contribution in [0.1, 0.15) is 50.2 Å². The first kappa shape index (κ1) is 33.2. The van der Waals surface area contributed by atoms with Gasteiger partial charge in [-0.1, -0.05) is 20.3 Å². The number of hydrogen-bond acceptors (Lipinski definition) is 10. The third kappa shape index (κ3) is 7.87. The van der Waals surface area contributed by atoms with Gasteiger partial charge in [0.2, 0.25) is 16.6 Å². The van der Waals surface area contributed by atoms with Crippen LogP contribution in [0.5, 0.6) is 28.7 Å². The van der Waals surface area contributed by atoms with E-state index in [1.54, 1.807) is 48.0 Å². The highest BCUT2D eigenvalue weighted by atomic mass is 32.2. The number of aryl methyl sites for hydroxylation is 1. The molecule has 0 atom stereocenters. The summed E-state index contributed by atoms with van der Waals surface area (Å²) in [6.07, 6.45) is 5.72. The van der Waals surface area contributed by atoms with Crippen molar-refractivity contribution >= 4 is 27.1 Å². The molecular weight excluding hydrogens is 606 g/mol. The molecule has 14 heteroatoms. The van der Waals surface area contributed by atoms with Crippen molar-refractivity contribution in [3.63, 3.8) is 0 Å². The first-order valence-corrected chi connectivity index (χ1v) is 16.1. The quantitative estimate of drug-likeness (QED) is 0.176. The maximum absolute atomic E-state index is 12.5. The second-order valence-electron chi connectivity index (χ2n) is 10.1. The molecule has 0 spiro atoms. The second-order valence-corrected chi connectivity index (χ2v) is 12.1. The second kappa shape index (κ2) is 14.8. The number of amides is 1. The molecule has 0 fully saturated rings. The molecular formula is C31H37N3O10S. The fourth-order valence-corrected chi connectivity index (χ4v) is 5.73. The molecule has 1 aliphatic rings. The zero-order chi connectivity index (χ0) is 32.6. The summed E-state index contributed by atoms with van der Waals surface area (Å²) in [7, 11) is -0.989. The van der Waals surface area contributed by atoms with E-state index in [0.717, 1.165) is 12.8 Å². The van der Waals surface area contributed by atoms with Gasteiger partial charge >= 0.3 is 11.2 Å². The fourth-order valence-electron chi connectivity index (χ4n) is 4.73. The summed E-state index contributed by atoms with van der Waals surface area (Å²) in [4.78, 5) is 29.4. The maximum atomic E-state index is 12.5. The fraction of sp³-hybridized carbons (Fsp3) is 0.387. The molecule has 0 saturated carbocycles. The van der Waals surface area contributed by atoms with Gasteiger partial charge < -0.3 is 34.1 Å².